The maximum Gasteiger partial charge on any atom is 0.185 e. The summed E-state index contributed by atoms with van der Waals surface area (Å²) in [5.41, 5.74) is 16.8. The molecule has 0 saturated heterocycles. The molecule has 0 heterocycles. The molecule has 4 heteroatoms. The first-order valence-corrected chi connectivity index (χ1v) is 2.99. The summed E-state index contributed by atoms with van der Waals surface area (Å²) in [5, 5.41) is 0. The number of rotatable bonds is 3. The number of nitrogens with two attached hydrogens (primary N) is 3. The van der Waals surface area contributed by atoms with Crippen LogP contribution < -0.4 is 17.2 Å². The van der Waals surface area contributed by atoms with Gasteiger partial charge in [-0.2, -0.15) is 0 Å². The van der Waals surface area contributed by atoms with E-state index < -0.39 is 0 Å². The molecule has 0 aromatic carbocycles. The van der Waals surface area contributed by atoms with E-state index in [2.05, 4.69) is 11.3 Å². The van der Waals surface area contributed by atoms with E-state index in [9.17, 15) is 0 Å². The Morgan fingerprint density at radius 3 is 2.18 bits per heavy atom. The summed E-state index contributed by atoms with van der Waals surface area (Å²) in [6.07, 6.45) is 2.95. The van der Waals surface area contributed by atoms with Gasteiger partial charge in [-0.3, -0.25) is 0 Å². The zero-order valence-corrected chi connectivity index (χ0v) is 6.50. The van der Waals surface area contributed by atoms with Crippen molar-refractivity contribution in [3.8, 4) is 0 Å². The van der Waals surface area contributed by atoms with Crippen LogP contribution in [0.15, 0.2) is 36.0 Å². The Labute approximate surface area is 66.0 Å². The van der Waals surface area contributed by atoms with Crippen LogP contribution in [0.3, 0.4) is 0 Å². The standard InChI is InChI=1S/C7H13N3O/c1-5(8)3-6(9)4-7(10)11-2/h3-4H,1,8-10H2,2H3/b6-3+,7-4+. The van der Waals surface area contributed by atoms with Gasteiger partial charge >= 0.3 is 0 Å². The smallest absolute Gasteiger partial charge is 0.185 e. The molecule has 0 rings (SSSR count). The van der Waals surface area contributed by atoms with Crippen LogP contribution in [0.4, 0.5) is 0 Å². The van der Waals surface area contributed by atoms with Crippen molar-refractivity contribution in [2.45, 2.75) is 0 Å². The van der Waals surface area contributed by atoms with Crippen molar-refractivity contribution in [2.24, 2.45) is 17.2 Å². The quantitative estimate of drug-likeness (QED) is 0.387. The van der Waals surface area contributed by atoms with Crippen molar-refractivity contribution in [2.75, 3.05) is 7.11 Å². The molecule has 62 valence electrons. The Kier molecular flexibility index (Phi) is 3.66. The van der Waals surface area contributed by atoms with E-state index in [1.165, 1.54) is 19.3 Å². The lowest BCUT2D eigenvalue weighted by molar-refractivity contribution is 0.287. The fraction of sp³-hybridized carbons (Fsp3) is 0.143. The molecule has 6 N–H and O–H groups in total. The van der Waals surface area contributed by atoms with Gasteiger partial charge in [-0.1, -0.05) is 6.58 Å². The predicted octanol–water partition coefficient (Wildman–Crippen LogP) is -0.252. The highest BCUT2D eigenvalue weighted by atomic mass is 16.5. The van der Waals surface area contributed by atoms with E-state index in [0.717, 1.165) is 0 Å². The molecule has 0 aliphatic carbocycles. The molecule has 0 radical (unpaired) electrons. The number of methoxy groups -OCH3 is 1. The van der Waals surface area contributed by atoms with E-state index in [0.29, 0.717) is 11.4 Å². The Bertz CT molecular complexity index is 206. The predicted molar refractivity (Wildman–Crippen MR) is 44.9 cm³/mol. The molecule has 11 heavy (non-hydrogen) atoms. The molecule has 0 aliphatic rings. The molecule has 0 aliphatic heterocycles. The minimum absolute atomic E-state index is 0.236. The van der Waals surface area contributed by atoms with Crippen LogP contribution in [0.25, 0.3) is 0 Å². The van der Waals surface area contributed by atoms with Gasteiger partial charge in [0.2, 0.25) is 0 Å². The van der Waals surface area contributed by atoms with E-state index in [-0.39, 0.29) is 5.88 Å². The Morgan fingerprint density at radius 1 is 1.27 bits per heavy atom. The fourth-order valence-electron chi connectivity index (χ4n) is 0.479. The first-order valence-electron chi connectivity index (χ1n) is 2.99. The van der Waals surface area contributed by atoms with Gasteiger partial charge in [-0.25, -0.2) is 0 Å². The third-order valence-electron chi connectivity index (χ3n) is 0.897. The summed E-state index contributed by atoms with van der Waals surface area (Å²) in [5.74, 6) is 0.236. The highest BCUT2D eigenvalue weighted by molar-refractivity contribution is 5.24. The fourth-order valence-corrected chi connectivity index (χ4v) is 0.479. The molecular weight excluding hydrogens is 142 g/mol. The normalized spacial score (nSPS) is 12.8. The molecule has 0 spiro atoms. The van der Waals surface area contributed by atoms with Gasteiger partial charge in [-0.05, 0) is 6.08 Å². The van der Waals surface area contributed by atoms with Gasteiger partial charge in [0, 0.05) is 17.5 Å². The third kappa shape index (κ3) is 4.90. The average Bonchev–Trinajstić information content (AvgIpc) is 1.85. The monoisotopic (exact) mass is 155 g/mol. The number of ether oxygens (including phenoxy) is 1. The van der Waals surface area contributed by atoms with Crippen LogP contribution in [-0.2, 0) is 4.74 Å². The SMILES string of the molecule is C=C(N)/C=C(N)\C=C(/N)OC. The van der Waals surface area contributed by atoms with E-state index in [4.69, 9.17) is 17.2 Å². The lowest BCUT2D eigenvalue weighted by Crippen LogP contribution is -2.04. The lowest BCUT2D eigenvalue weighted by Gasteiger charge is -1.98. The second kappa shape index (κ2) is 4.27. The van der Waals surface area contributed by atoms with Crippen molar-refractivity contribution in [3.05, 3.63) is 36.0 Å². The van der Waals surface area contributed by atoms with Crippen LogP contribution >= 0.6 is 0 Å². The van der Waals surface area contributed by atoms with Crippen LogP contribution in [0.1, 0.15) is 0 Å². The van der Waals surface area contributed by atoms with Crippen molar-refractivity contribution in [1.82, 2.24) is 0 Å². The maximum atomic E-state index is 5.44. The summed E-state index contributed by atoms with van der Waals surface area (Å²) >= 11 is 0. The Morgan fingerprint density at radius 2 is 1.82 bits per heavy atom. The van der Waals surface area contributed by atoms with Gasteiger partial charge < -0.3 is 21.9 Å². The third-order valence-corrected chi connectivity index (χ3v) is 0.897. The highest BCUT2D eigenvalue weighted by Crippen LogP contribution is 1.93. The van der Waals surface area contributed by atoms with Gasteiger partial charge in [-0.15, -0.1) is 0 Å². The minimum atomic E-state index is 0.236. The number of hydrogen-bond acceptors (Lipinski definition) is 4. The maximum absolute atomic E-state index is 5.44. The van der Waals surface area contributed by atoms with Crippen molar-refractivity contribution in [3.63, 3.8) is 0 Å². The summed E-state index contributed by atoms with van der Waals surface area (Å²) in [7, 11) is 1.45. The molecule has 0 aromatic rings. The van der Waals surface area contributed by atoms with Crippen LogP contribution in [0, 0.1) is 0 Å². The second-order valence-corrected chi connectivity index (χ2v) is 1.97. The number of hydrogen-bond donors (Lipinski definition) is 3. The van der Waals surface area contributed by atoms with Crippen LogP contribution in [0.5, 0.6) is 0 Å². The topological polar surface area (TPSA) is 87.3 Å². The minimum Gasteiger partial charge on any atom is -0.483 e. The molecule has 0 saturated carbocycles. The summed E-state index contributed by atoms with van der Waals surface area (Å²) in [6, 6.07) is 0. The van der Waals surface area contributed by atoms with Gasteiger partial charge in [0.15, 0.2) is 5.88 Å². The summed E-state index contributed by atoms with van der Waals surface area (Å²) < 4.78 is 4.65. The molecular formula is C7H13N3O. The highest BCUT2D eigenvalue weighted by Gasteiger charge is 1.88. The second-order valence-electron chi connectivity index (χ2n) is 1.97. The average molecular weight is 155 g/mol. The molecule has 0 fully saturated rings. The molecule has 0 atom stereocenters. The summed E-state index contributed by atoms with van der Waals surface area (Å²) in [4.78, 5) is 0. The van der Waals surface area contributed by atoms with Gasteiger partial charge in [0.05, 0.1) is 7.11 Å². The molecule has 0 bridgehead atoms. The molecule has 0 amide bonds. The first-order chi connectivity index (χ1) is 5.06. The van der Waals surface area contributed by atoms with Crippen molar-refractivity contribution >= 4 is 0 Å². The van der Waals surface area contributed by atoms with Gasteiger partial charge in [0.25, 0.3) is 0 Å². The van der Waals surface area contributed by atoms with E-state index in [1.54, 1.807) is 0 Å². The zero-order valence-electron chi connectivity index (χ0n) is 6.50. The van der Waals surface area contributed by atoms with Crippen molar-refractivity contribution < 1.29 is 4.74 Å². The summed E-state index contributed by atoms with van der Waals surface area (Å²) in [6.45, 7) is 3.44. The Balaban J connectivity index is 4.26. The molecule has 0 aromatic heterocycles. The van der Waals surface area contributed by atoms with Crippen LogP contribution in [0.2, 0.25) is 0 Å². The lowest BCUT2D eigenvalue weighted by atomic mass is 10.3. The van der Waals surface area contributed by atoms with E-state index >= 15 is 0 Å². The first kappa shape index (κ1) is 9.42. The Hall–Kier alpha value is -1.58. The van der Waals surface area contributed by atoms with E-state index in [1.807, 2.05) is 0 Å². The molecule has 0 unspecified atom stereocenters. The van der Waals surface area contributed by atoms with Gasteiger partial charge in [0.1, 0.15) is 0 Å². The zero-order chi connectivity index (χ0) is 8.85. The number of allylic oxidation sites excluding steroid dienone is 2. The largest absolute Gasteiger partial charge is 0.483 e. The van der Waals surface area contributed by atoms with Crippen LogP contribution in [-0.4, -0.2) is 7.11 Å². The van der Waals surface area contributed by atoms with Crippen molar-refractivity contribution in [1.29, 1.82) is 0 Å². The molecule has 4 nitrogen and oxygen atoms in total.